The number of thiol groups is 1. The molecule has 2 N–H and O–H groups in total. The standard InChI is InChI=1S/C8H10N2O3S/c9-8(14)13-5-6-1-3-7(4-2-6)10(11)12/h1-4,8,14H,5,9H2/t8-/m0/s1. The normalized spacial score (nSPS) is 12.4. The van der Waals surface area contributed by atoms with Gasteiger partial charge in [-0.25, -0.2) is 0 Å². The van der Waals surface area contributed by atoms with Crippen LogP contribution in [0.2, 0.25) is 0 Å². The van der Waals surface area contributed by atoms with Crippen molar-refractivity contribution in [3.8, 4) is 0 Å². The monoisotopic (exact) mass is 214 g/mol. The summed E-state index contributed by atoms with van der Waals surface area (Å²) in [6, 6.07) is 6.08. The minimum Gasteiger partial charge on any atom is -0.350 e. The summed E-state index contributed by atoms with van der Waals surface area (Å²) in [7, 11) is 0. The van der Waals surface area contributed by atoms with E-state index in [1.165, 1.54) is 12.1 Å². The molecule has 0 aromatic heterocycles. The largest absolute Gasteiger partial charge is 0.350 e. The molecule has 1 aromatic carbocycles. The number of nitrogens with zero attached hydrogens (tertiary/aromatic N) is 1. The maximum Gasteiger partial charge on any atom is 0.269 e. The summed E-state index contributed by atoms with van der Waals surface area (Å²) in [6.45, 7) is 0.294. The number of nitrogens with two attached hydrogens (primary N) is 1. The molecular weight excluding hydrogens is 204 g/mol. The van der Waals surface area contributed by atoms with E-state index in [0.29, 0.717) is 6.61 Å². The first-order valence-corrected chi connectivity index (χ1v) is 4.40. The van der Waals surface area contributed by atoms with Gasteiger partial charge in [-0.2, -0.15) is 0 Å². The zero-order valence-corrected chi connectivity index (χ0v) is 8.18. The molecule has 0 heterocycles. The first-order chi connectivity index (χ1) is 6.59. The second kappa shape index (κ2) is 4.94. The summed E-state index contributed by atoms with van der Waals surface area (Å²) in [5.41, 5.74) is 5.50. The van der Waals surface area contributed by atoms with Crippen LogP contribution in [0.25, 0.3) is 0 Å². The molecule has 0 fully saturated rings. The van der Waals surface area contributed by atoms with Gasteiger partial charge in [0, 0.05) is 12.1 Å². The van der Waals surface area contributed by atoms with Crippen LogP contribution < -0.4 is 5.73 Å². The Hall–Kier alpha value is -1.11. The van der Waals surface area contributed by atoms with Crippen LogP contribution in [-0.4, -0.2) is 10.5 Å². The number of nitro benzene ring substituents is 1. The Bertz CT molecular complexity index is 313. The molecular formula is C8H10N2O3S. The molecule has 0 unspecified atom stereocenters. The third-order valence-electron chi connectivity index (χ3n) is 1.57. The van der Waals surface area contributed by atoms with Gasteiger partial charge >= 0.3 is 0 Å². The Morgan fingerprint density at radius 2 is 2.07 bits per heavy atom. The van der Waals surface area contributed by atoms with Crippen LogP contribution in [0.4, 0.5) is 5.69 Å². The summed E-state index contributed by atoms with van der Waals surface area (Å²) in [5.74, 6) is 0. The van der Waals surface area contributed by atoms with Gasteiger partial charge in [0.15, 0.2) is 5.56 Å². The molecule has 5 nitrogen and oxygen atoms in total. The Labute approximate surface area is 86.4 Å². The lowest BCUT2D eigenvalue weighted by atomic mass is 10.2. The number of ether oxygens (including phenoxy) is 1. The highest BCUT2D eigenvalue weighted by Gasteiger charge is 2.04. The summed E-state index contributed by atoms with van der Waals surface area (Å²) in [5, 5.41) is 10.3. The first kappa shape index (κ1) is 11.0. The molecule has 6 heteroatoms. The molecule has 0 bridgehead atoms. The summed E-state index contributed by atoms with van der Waals surface area (Å²) < 4.78 is 5.00. The highest BCUT2D eigenvalue weighted by atomic mass is 32.1. The van der Waals surface area contributed by atoms with E-state index in [1.807, 2.05) is 0 Å². The summed E-state index contributed by atoms with van der Waals surface area (Å²) in [6.07, 6.45) is 0. The van der Waals surface area contributed by atoms with Gasteiger partial charge in [0.1, 0.15) is 0 Å². The van der Waals surface area contributed by atoms with Crippen LogP contribution in [0.3, 0.4) is 0 Å². The maximum atomic E-state index is 10.3. The minimum atomic E-state index is -0.634. The van der Waals surface area contributed by atoms with Crippen molar-refractivity contribution in [2.24, 2.45) is 5.73 Å². The predicted octanol–water partition coefficient (Wildman–Crippen LogP) is 1.28. The first-order valence-electron chi connectivity index (χ1n) is 3.88. The molecule has 1 atom stereocenters. The van der Waals surface area contributed by atoms with Crippen molar-refractivity contribution in [2.45, 2.75) is 12.2 Å². The van der Waals surface area contributed by atoms with Gasteiger partial charge in [0.25, 0.3) is 5.69 Å². The van der Waals surface area contributed by atoms with Crippen LogP contribution in [0.1, 0.15) is 5.56 Å². The Kier molecular flexibility index (Phi) is 3.87. The van der Waals surface area contributed by atoms with Crippen LogP contribution >= 0.6 is 12.6 Å². The molecule has 0 spiro atoms. The lowest BCUT2D eigenvalue weighted by molar-refractivity contribution is -0.384. The van der Waals surface area contributed by atoms with E-state index in [4.69, 9.17) is 10.5 Å². The molecule has 14 heavy (non-hydrogen) atoms. The van der Waals surface area contributed by atoms with Crippen molar-refractivity contribution in [3.63, 3.8) is 0 Å². The summed E-state index contributed by atoms with van der Waals surface area (Å²) >= 11 is 3.83. The van der Waals surface area contributed by atoms with Crippen LogP contribution in [0.5, 0.6) is 0 Å². The van der Waals surface area contributed by atoms with Crippen molar-refractivity contribution in [1.29, 1.82) is 0 Å². The molecule has 0 radical (unpaired) electrons. The van der Waals surface area contributed by atoms with Crippen molar-refractivity contribution >= 4 is 18.3 Å². The molecule has 0 aliphatic carbocycles. The highest BCUT2D eigenvalue weighted by molar-refractivity contribution is 7.80. The lowest BCUT2D eigenvalue weighted by Gasteiger charge is -2.05. The number of nitro groups is 1. The van der Waals surface area contributed by atoms with E-state index in [9.17, 15) is 10.1 Å². The van der Waals surface area contributed by atoms with Gasteiger partial charge in [0.05, 0.1) is 11.5 Å². The number of rotatable bonds is 4. The zero-order chi connectivity index (χ0) is 10.6. The SMILES string of the molecule is N[C@H](S)OCc1ccc([N+](=O)[O-])cc1. The second-order valence-corrected chi connectivity index (χ2v) is 3.13. The Morgan fingerprint density at radius 3 is 2.50 bits per heavy atom. The smallest absolute Gasteiger partial charge is 0.269 e. The van der Waals surface area contributed by atoms with E-state index in [1.54, 1.807) is 12.1 Å². The van der Waals surface area contributed by atoms with Gasteiger partial charge in [0.2, 0.25) is 0 Å². The van der Waals surface area contributed by atoms with Gasteiger partial charge in [-0.3, -0.25) is 15.8 Å². The summed E-state index contributed by atoms with van der Waals surface area (Å²) in [4.78, 5) is 9.87. The molecule has 1 rings (SSSR count). The number of hydrogen-bond donors (Lipinski definition) is 2. The average molecular weight is 214 g/mol. The maximum absolute atomic E-state index is 10.3. The van der Waals surface area contributed by atoms with Gasteiger partial charge in [-0.05, 0) is 17.7 Å². The van der Waals surface area contributed by atoms with E-state index < -0.39 is 10.5 Å². The Morgan fingerprint density at radius 1 is 1.50 bits per heavy atom. The van der Waals surface area contributed by atoms with Crippen molar-refractivity contribution in [2.75, 3.05) is 0 Å². The zero-order valence-electron chi connectivity index (χ0n) is 7.29. The number of benzene rings is 1. The van der Waals surface area contributed by atoms with Crippen LogP contribution in [0, 0.1) is 10.1 Å². The van der Waals surface area contributed by atoms with Crippen molar-refractivity contribution in [3.05, 3.63) is 39.9 Å². The fourth-order valence-electron chi connectivity index (χ4n) is 0.895. The second-order valence-electron chi connectivity index (χ2n) is 2.63. The van der Waals surface area contributed by atoms with E-state index in [2.05, 4.69) is 12.6 Å². The van der Waals surface area contributed by atoms with Crippen molar-refractivity contribution in [1.82, 2.24) is 0 Å². The van der Waals surface area contributed by atoms with E-state index in [0.717, 1.165) is 5.56 Å². The fraction of sp³-hybridized carbons (Fsp3) is 0.250. The molecule has 76 valence electrons. The molecule has 0 aliphatic rings. The molecule has 0 amide bonds. The van der Waals surface area contributed by atoms with Crippen LogP contribution in [-0.2, 0) is 11.3 Å². The molecule has 0 saturated carbocycles. The minimum absolute atomic E-state index is 0.0592. The average Bonchev–Trinajstić information content (AvgIpc) is 2.15. The molecule has 1 aromatic rings. The van der Waals surface area contributed by atoms with Crippen LogP contribution in [0.15, 0.2) is 24.3 Å². The lowest BCUT2D eigenvalue weighted by Crippen LogP contribution is -2.15. The fourth-order valence-corrected chi connectivity index (χ4v) is 0.970. The molecule has 0 aliphatic heterocycles. The topological polar surface area (TPSA) is 78.4 Å². The quantitative estimate of drug-likeness (QED) is 0.342. The van der Waals surface area contributed by atoms with E-state index >= 15 is 0 Å². The third-order valence-corrected chi connectivity index (χ3v) is 1.72. The van der Waals surface area contributed by atoms with Gasteiger partial charge < -0.3 is 4.74 Å². The van der Waals surface area contributed by atoms with E-state index in [-0.39, 0.29) is 5.69 Å². The predicted molar refractivity (Wildman–Crippen MR) is 54.8 cm³/mol. The highest BCUT2D eigenvalue weighted by Crippen LogP contribution is 2.12. The van der Waals surface area contributed by atoms with Gasteiger partial charge in [-0.15, -0.1) is 12.6 Å². The Balaban J connectivity index is 2.60. The molecule has 0 saturated heterocycles. The van der Waals surface area contributed by atoms with Gasteiger partial charge in [-0.1, -0.05) is 0 Å². The number of hydrogen-bond acceptors (Lipinski definition) is 5. The van der Waals surface area contributed by atoms with Crippen molar-refractivity contribution < 1.29 is 9.66 Å². The third kappa shape index (κ3) is 3.33. The number of non-ortho nitro benzene ring substituents is 1.